The first-order valence-electron chi connectivity index (χ1n) is 10.4. The molecule has 2 atom stereocenters. The molecular weight excluding hydrogens is 366 g/mol. The van der Waals surface area contributed by atoms with Gasteiger partial charge in [0.05, 0.1) is 17.1 Å². The molecule has 0 spiro atoms. The molecule has 1 amide bonds. The fourth-order valence-corrected chi connectivity index (χ4v) is 4.13. The van der Waals surface area contributed by atoms with Crippen LogP contribution in [-0.4, -0.2) is 38.1 Å². The Bertz CT molecular complexity index is 1080. The lowest BCUT2D eigenvalue weighted by molar-refractivity contribution is -0.119. The summed E-state index contributed by atoms with van der Waals surface area (Å²) in [7, 11) is 1.95. The topological polar surface area (TPSA) is 74.0 Å². The van der Waals surface area contributed by atoms with E-state index in [2.05, 4.69) is 40.8 Å². The SMILES string of the molecule is Cc1c2c(O[C@H](C)C3CNC(=O)C3)cc(-c3cnn(CC4CC4)c3)cc2nn1C. The number of aromatic nitrogens is 4. The summed E-state index contributed by atoms with van der Waals surface area (Å²) < 4.78 is 10.4. The molecule has 1 N–H and O–H groups in total. The number of hydrogen-bond acceptors (Lipinski definition) is 4. The number of nitrogens with zero attached hydrogens (tertiary/aromatic N) is 4. The second-order valence-corrected chi connectivity index (χ2v) is 8.56. The molecule has 1 saturated carbocycles. The molecule has 2 fully saturated rings. The summed E-state index contributed by atoms with van der Waals surface area (Å²) in [5, 5.41) is 13.2. The van der Waals surface area contributed by atoms with Crippen LogP contribution in [-0.2, 0) is 18.4 Å². The van der Waals surface area contributed by atoms with E-state index in [1.54, 1.807) is 0 Å². The first kappa shape index (κ1) is 18.2. The van der Waals surface area contributed by atoms with Crippen molar-refractivity contribution >= 4 is 16.8 Å². The third kappa shape index (κ3) is 3.50. The van der Waals surface area contributed by atoms with Gasteiger partial charge < -0.3 is 10.1 Å². The zero-order valence-corrected chi connectivity index (χ0v) is 17.2. The molecule has 1 saturated heterocycles. The fourth-order valence-electron chi connectivity index (χ4n) is 4.13. The van der Waals surface area contributed by atoms with Crippen LogP contribution in [0.3, 0.4) is 0 Å². The first-order valence-corrected chi connectivity index (χ1v) is 10.4. The van der Waals surface area contributed by atoms with E-state index in [9.17, 15) is 4.79 Å². The highest BCUT2D eigenvalue weighted by Crippen LogP contribution is 2.36. The summed E-state index contributed by atoms with van der Waals surface area (Å²) in [6.45, 7) is 5.76. The van der Waals surface area contributed by atoms with E-state index in [1.165, 1.54) is 12.8 Å². The Morgan fingerprint density at radius 3 is 2.86 bits per heavy atom. The number of benzene rings is 1. The van der Waals surface area contributed by atoms with E-state index in [1.807, 2.05) is 29.5 Å². The van der Waals surface area contributed by atoms with Crippen molar-refractivity contribution in [2.24, 2.45) is 18.9 Å². The molecule has 1 aliphatic carbocycles. The van der Waals surface area contributed by atoms with Gasteiger partial charge in [-0.2, -0.15) is 10.2 Å². The van der Waals surface area contributed by atoms with Crippen molar-refractivity contribution in [3.8, 4) is 16.9 Å². The quantitative estimate of drug-likeness (QED) is 0.699. The molecule has 0 radical (unpaired) electrons. The maximum absolute atomic E-state index is 11.6. The van der Waals surface area contributed by atoms with Crippen molar-refractivity contribution in [2.45, 2.75) is 45.8 Å². The van der Waals surface area contributed by atoms with E-state index in [-0.39, 0.29) is 17.9 Å². The Kier molecular flexibility index (Phi) is 4.33. The van der Waals surface area contributed by atoms with Crippen LogP contribution in [0.15, 0.2) is 24.5 Å². The number of hydrogen-bond donors (Lipinski definition) is 1. The van der Waals surface area contributed by atoms with Crippen molar-refractivity contribution in [2.75, 3.05) is 6.54 Å². The van der Waals surface area contributed by atoms with Crippen molar-refractivity contribution in [3.63, 3.8) is 0 Å². The average molecular weight is 393 g/mol. The van der Waals surface area contributed by atoms with E-state index >= 15 is 0 Å². The number of carbonyl (C=O) groups excluding carboxylic acids is 1. The molecule has 3 aromatic rings. The van der Waals surface area contributed by atoms with Gasteiger partial charge in [0.1, 0.15) is 11.9 Å². The molecule has 2 aliphatic rings. The molecule has 29 heavy (non-hydrogen) atoms. The summed E-state index contributed by atoms with van der Waals surface area (Å²) in [6, 6.07) is 4.20. The van der Waals surface area contributed by atoms with Gasteiger partial charge in [-0.05, 0) is 50.3 Å². The van der Waals surface area contributed by atoms with Gasteiger partial charge in [0.2, 0.25) is 5.91 Å². The predicted octanol–water partition coefficient (Wildman–Crippen LogP) is 3.06. The second-order valence-electron chi connectivity index (χ2n) is 8.56. The molecule has 5 rings (SSSR count). The molecule has 152 valence electrons. The Morgan fingerprint density at radius 1 is 1.31 bits per heavy atom. The smallest absolute Gasteiger partial charge is 0.220 e. The summed E-state index contributed by atoms with van der Waals surface area (Å²) in [5.41, 5.74) is 4.12. The first-order chi connectivity index (χ1) is 14.0. The van der Waals surface area contributed by atoms with Crippen LogP contribution in [0.2, 0.25) is 0 Å². The third-order valence-electron chi connectivity index (χ3n) is 6.28. The van der Waals surface area contributed by atoms with Crippen LogP contribution >= 0.6 is 0 Å². The maximum atomic E-state index is 11.6. The highest BCUT2D eigenvalue weighted by atomic mass is 16.5. The summed E-state index contributed by atoms with van der Waals surface area (Å²) in [6.07, 6.45) is 7.11. The van der Waals surface area contributed by atoms with E-state index in [0.29, 0.717) is 13.0 Å². The average Bonchev–Trinajstić information content (AvgIpc) is 3.07. The van der Waals surface area contributed by atoms with Crippen LogP contribution in [0.5, 0.6) is 5.75 Å². The van der Waals surface area contributed by atoms with E-state index in [4.69, 9.17) is 4.74 Å². The minimum atomic E-state index is -0.0652. The fraction of sp³-hybridized carbons (Fsp3) is 0.500. The van der Waals surface area contributed by atoms with Crippen molar-refractivity contribution in [1.29, 1.82) is 0 Å². The molecule has 0 bridgehead atoms. The number of aryl methyl sites for hydroxylation is 2. The number of nitrogens with one attached hydrogen (secondary N) is 1. The predicted molar refractivity (Wildman–Crippen MR) is 111 cm³/mol. The van der Waals surface area contributed by atoms with Gasteiger partial charge >= 0.3 is 0 Å². The summed E-state index contributed by atoms with van der Waals surface area (Å²) in [5.74, 6) is 1.89. The number of carbonyl (C=O) groups is 1. The van der Waals surface area contributed by atoms with Crippen molar-refractivity contribution in [1.82, 2.24) is 24.9 Å². The second kappa shape index (κ2) is 6.90. The lowest BCUT2D eigenvalue weighted by Crippen LogP contribution is -2.25. The number of fused-ring (bicyclic) bond motifs is 1. The van der Waals surface area contributed by atoms with E-state index in [0.717, 1.165) is 45.9 Å². The molecule has 1 aliphatic heterocycles. The monoisotopic (exact) mass is 393 g/mol. The van der Waals surface area contributed by atoms with Gasteiger partial charge in [-0.3, -0.25) is 14.2 Å². The molecule has 1 aromatic carbocycles. The number of amides is 1. The normalized spacial score (nSPS) is 20.2. The molecular formula is C22H27N5O2. The largest absolute Gasteiger partial charge is 0.490 e. The molecule has 2 aromatic heterocycles. The number of rotatable bonds is 6. The third-order valence-corrected chi connectivity index (χ3v) is 6.28. The lowest BCUT2D eigenvalue weighted by Gasteiger charge is -2.20. The highest BCUT2D eigenvalue weighted by molar-refractivity contribution is 5.92. The van der Waals surface area contributed by atoms with Gasteiger partial charge in [0.25, 0.3) is 0 Å². The Hall–Kier alpha value is -2.83. The standard InChI is InChI=1S/C22H27N5O2/c1-13-22-19(25-26(13)3)6-16(18-10-24-27(12-18)11-15-4-5-15)7-20(22)29-14(2)17-8-21(28)23-9-17/h6-7,10,12,14-15,17H,4-5,8-9,11H2,1-3H3,(H,23,28)/t14-,17?/m1/s1. The molecule has 1 unspecified atom stereocenters. The zero-order chi connectivity index (χ0) is 20.1. The maximum Gasteiger partial charge on any atom is 0.220 e. The zero-order valence-electron chi connectivity index (χ0n) is 17.2. The molecule has 3 heterocycles. The number of ether oxygens (including phenoxy) is 1. The van der Waals surface area contributed by atoms with Crippen LogP contribution in [0.1, 0.15) is 31.9 Å². The van der Waals surface area contributed by atoms with Gasteiger partial charge in [-0.1, -0.05) is 0 Å². The van der Waals surface area contributed by atoms with Crippen LogP contribution in [0, 0.1) is 18.8 Å². The molecule has 7 nitrogen and oxygen atoms in total. The highest BCUT2D eigenvalue weighted by Gasteiger charge is 2.29. The van der Waals surface area contributed by atoms with Crippen molar-refractivity contribution in [3.05, 3.63) is 30.2 Å². The van der Waals surface area contributed by atoms with Gasteiger partial charge in [0, 0.05) is 49.9 Å². The summed E-state index contributed by atoms with van der Waals surface area (Å²) >= 11 is 0. The van der Waals surface area contributed by atoms with Crippen LogP contribution < -0.4 is 10.1 Å². The van der Waals surface area contributed by atoms with Gasteiger partial charge in [-0.15, -0.1) is 0 Å². The lowest BCUT2D eigenvalue weighted by atomic mass is 10.0. The minimum absolute atomic E-state index is 0.0652. The van der Waals surface area contributed by atoms with Crippen molar-refractivity contribution < 1.29 is 9.53 Å². The molecule has 7 heteroatoms. The summed E-state index contributed by atoms with van der Waals surface area (Å²) in [4.78, 5) is 11.6. The Morgan fingerprint density at radius 2 is 2.14 bits per heavy atom. The van der Waals surface area contributed by atoms with E-state index < -0.39 is 0 Å². The Balaban J connectivity index is 1.50. The van der Waals surface area contributed by atoms with Crippen LogP contribution in [0.4, 0.5) is 0 Å². The Labute approximate surface area is 170 Å². The van der Waals surface area contributed by atoms with Gasteiger partial charge in [0.15, 0.2) is 0 Å². The van der Waals surface area contributed by atoms with Gasteiger partial charge in [-0.25, -0.2) is 0 Å². The minimum Gasteiger partial charge on any atom is -0.490 e. The van der Waals surface area contributed by atoms with Crippen LogP contribution in [0.25, 0.3) is 22.0 Å².